The van der Waals surface area contributed by atoms with Crippen LogP contribution in [0.3, 0.4) is 0 Å². The summed E-state index contributed by atoms with van der Waals surface area (Å²) >= 11 is 0. The Kier molecular flexibility index (Phi) is 7.70. The van der Waals surface area contributed by atoms with E-state index in [1.807, 2.05) is 49.5 Å². The first-order chi connectivity index (χ1) is 7.29. The van der Waals surface area contributed by atoms with E-state index in [2.05, 4.69) is 19.7 Å². The molecule has 0 amide bonds. The van der Waals surface area contributed by atoms with Gasteiger partial charge in [-0.25, -0.2) is 0 Å². The minimum Gasteiger partial charge on any atom is -0.0991 e. The van der Waals surface area contributed by atoms with E-state index in [0.717, 1.165) is 11.1 Å². The molecule has 0 aromatic carbocycles. The van der Waals surface area contributed by atoms with Crippen molar-refractivity contribution in [2.24, 2.45) is 0 Å². The molecule has 0 aliphatic heterocycles. The molecular formula is C15H18. The minimum atomic E-state index is 1.06. The maximum absolute atomic E-state index is 3.79. The molecule has 0 bridgehead atoms. The van der Waals surface area contributed by atoms with Crippen LogP contribution >= 0.6 is 0 Å². The summed E-state index contributed by atoms with van der Waals surface area (Å²) in [4.78, 5) is 0. The minimum absolute atomic E-state index is 1.06. The van der Waals surface area contributed by atoms with Crippen molar-refractivity contribution in [3.05, 3.63) is 85.6 Å². The summed E-state index contributed by atoms with van der Waals surface area (Å²) in [6.45, 7) is 13.1. The van der Waals surface area contributed by atoms with Gasteiger partial charge in [0.05, 0.1) is 0 Å². The maximum Gasteiger partial charge on any atom is -0.0184 e. The van der Waals surface area contributed by atoms with Crippen LogP contribution in [-0.2, 0) is 0 Å². The Labute approximate surface area is 93.0 Å². The van der Waals surface area contributed by atoms with E-state index in [1.54, 1.807) is 12.2 Å². The fourth-order valence-electron chi connectivity index (χ4n) is 1.03. The van der Waals surface area contributed by atoms with Crippen molar-refractivity contribution in [3.8, 4) is 0 Å². The molecule has 0 radical (unpaired) electrons. The molecule has 0 unspecified atom stereocenters. The summed E-state index contributed by atoms with van der Waals surface area (Å²) in [7, 11) is 0. The second-order valence-corrected chi connectivity index (χ2v) is 2.80. The van der Waals surface area contributed by atoms with E-state index in [0.29, 0.717) is 0 Å². The molecular weight excluding hydrogens is 180 g/mol. The SMILES string of the molecule is C=C\C=C/C(=C\C=C)C(/C=C)=C/C=C\C. The third-order valence-electron chi connectivity index (χ3n) is 1.73. The topological polar surface area (TPSA) is 0 Å². The van der Waals surface area contributed by atoms with Gasteiger partial charge in [0.25, 0.3) is 0 Å². The summed E-state index contributed by atoms with van der Waals surface area (Å²) in [5.41, 5.74) is 2.13. The lowest BCUT2D eigenvalue weighted by atomic mass is 10.0. The second kappa shape index (κ2) is 8.76. The Balaban J connectivity index is 5.11. The third-order valence-corrected chi connectivity index (χ3v) is 1.73. The van der Waals surface area contributed by atoms with Gasteiger partial charge in [-0.3, -0.25) is 0 Å². The van der Waals surface area contributed by atoms with Gasteiger partial charge in [-0.05, 0) is 18.1 Å². The van der Waals surface area contributed by atoms with E-state index >= 15 is 0 Å². The second-order valence-electron chi connectivity index (χ2n) is 2.80. The Morgan fingerprint density at radius 1 is 0.867 bits per heavy atom. The molecule has 0 saturated carbocycles. The highest BCUT2D eigenvalue weighted by Crippen LogP contribution is 2.13. The van der Waals surface area contributed by atoms with Crippen molar-refractivity contribution in [1.29, 1.82) is 0 Å². The van der Waals surface area contributed by atoms with Crippen LogP contribution in [0.2, 0.25) is 0 Å². The molecule has 78 valence electrons. The first-order valence-corrected chi connectivity index (χ1v) is 4.87. The predicted molar refractivity (Wildman–Crippen MR) is 70.7 cm³/mol. The molecule has 0 spiro atoms. The third kappa shape index (κ3) is 5.48. The van der Waals surface area contributed by atoms with Gasteiger partial charge in [0.1, 0.15) is 0 Å². The van der Waals surface area contributed by atoms with Gasteiger partial charge in [0.2, 0.25) is 0 Å². The summed E-state index contributed by atoms with van der Waals surface area (Å²) in [6, 6.07) is 0. The number of rotatable bonds is 6. The molecule has 15 heavy (non-hydrogen) atoms. The molecule has 0 heterocycles. The van der Waals surface area contributed by atoms with Crippen LogP contribution < -0.4 is 0 Å². The molecule has 0 aromatic heterocycles. The van der Waals surface area contributed by atoms with E-state index < -0.39 is 0 Å². The van der Waals surface area contributed by atoms with Crippen molar-refractivity contribution in [2.45, 2.75) is 6.92 Å². The average molecular weight is 198 g/mol. The van der Waals surface area contributed by atoms with E-state index in [1.165, 1.54) is 0 Å². The van der Waals surface area contributed by atoms with Crippen LogP contribution in [0.5, 0.6) is 0 Å². The molecule has 0 saturated heterocycles. The normalized spacial score (nSPS) is 13.4. The Morgan fingerprint density at radius 3 is 2.07 bits per heavy atom. The van der Waals surface area contributed by atoms with Crippen molar-refractivity contribution in [2.75, 3.05) is 0 Å². The molecule has 0 heteroatoms. The monoisotopic (exact) mass is 198 g/mol. The summed E-state index contributed by atoms with van der Waals surface area (Å²) < 4.78 is 0. The van der Waals surface area contributed by atoms with Crippen LogP contribution in [0.4, 0.5) is 0 Å². The lowest BCUT2D eigenvalue weighted by Gasteiger charge is -2.01. The Bertz CT molecular complexity index is 333. The zero-order chi connectivity index (χ0) is 11.5. The molecule has 0 nitrogen and oxygen atoms in total. The summed E-state index contributed by atoms with van der Waals surface area (Å²) in [5.74, 6) is 0. The van der Waals surface area contributed by atoms with Gasteiger partial charge in [0.15, 0.2) is 0 Å². The highest BCUT2D eigenvalue weighted by atomic mass is 14.0. The van der Waals surface area contributed by atoms with Gasteiger partial charge in [-0.2, -0.15) is 0 Å². The molecule has 0 fully saturated rings. The molecule has 0 atom stereocenters. The molecule has 0 aliphatic rings. The molecule has 0 N–H and O–H groups in total. The Hall–Kier alpha value is -1.82. The van der Waals surface area contributed by atoms with Gasteiger partial charge in [-0.1, -0.05) is 74.4 Å². The zero-order valence-corrected chi connectivity index (χ0v) is 9.32. The maximum atomic E-state index is 3.79. The smallest absolute Gasteiger partial charge is 0.0184 e. The molecule has 0 aromatic rings. The standard InChI is InChI=1S/C15H18/c1-5-9-12-14(8-4)15(11-7-3)13-10-6-2/h5-13H,2-4H2,1H3/b9-5-,13-10-,14-12+,15-11+. The van der Waals surface area contributed by atoms with Crippen LogP contribution in [-0.4, -0.2) is 0 Å². The first-order valence-electron chi connectivity index (χ1n) is 4.87. The van der Waals surface area contributed by atoms with Gasteiger partial charge in [-0.15, -0.1) is 0 Å². The van der Waals surface area contributed by atoms with Crippen LogP contribution in [0.15, 0.2) is 85.6 Å². The zero-order valence-electron chi connectivity index (χ0n) is 9.32. The summed E-state index contributed by atoms with van der Waals surface area (Å²) in [6.07, 6.45) is 17.1. The van der Waals surface area contributed by atoms with Crippen molar-refractivity contribution in [3.63, 3.8) is 0 Å². The van der Waals surface area contributed by atoms with Gasteiger partial charge < -0.3 is 0 Å². The lowest BCUT2D eigenvalue weighted by molar-refractivity contribution is 1.54. The fourth-order valence-corrected chi connectivity index (χ4v) is 1.03. The van der Waals surface area contributed by atoms with Crippen LogP contribution in [0.25, 0.3) is 0 Å². The lowest BCUT2D eigenvalue weighted by Crippen LogP contribution is -1.81. The van der Waals surface area contributed by atoms with Gasteiger partial charge in [0, 0.05) is 0 Å². The molecule has 0 rings (SSSR count). The van der Waals surface area contributed by atoms with E-state index in [4.69, 9.17) is 0 Å². The number of hydrogen-bond donors (Lipinski definition) is 0. The molecule has 0 aliphatic carbocycles. The van der Waals surface area contributed by atoms with Crippen LogP contribution in [0, 0.1) is 0 Å². The van der Waals surface area contributed by atoms with Crippen molar-refractivity contribution >= 4 is 0 Å². The van der Waals surface area contributed by atoms with Crippen molar-refractivity contribution in [1.82, 2.24) is 0 Å². The first kappa shape index (κ1) is 13.2. The number of allylic oxidation sites excluding steroid dienone is 11. The Morgan fingerprint density at radius 2 is 1.60 bits per heavy atom. The number of hydrogen-bond acceptors (Lipinski definition) is 0. The summed E-state index contributed by atoms with van der Waals surface area (Å²) in [5, 5.41) is 0. The average Bonchev–Trinajstić information content (AvgIpc) is 2.26. The predicted octanol–water partition coefficient (Wildman–Crippen LogP) is 4.53. The van der Waals surface area contributed by atoms with Gasteiger partial charge >= 0.3 is 0 Å². The largest absolute Gasteiger partial charge is 0.0991 e. The highest BCUT2D eigenvalue weighted by Gasteiger charge is 1.94. The quantitative estimate of drug-likeness (QED) is 0.550. The van der Waals surface area contributed by atoms with E-state index in [9.17, 15) is 0 Å². The fraction of sp³-hybridized carbons (Fsp3) is 0.0667. The van der Waals surface area contributed by atoms with Crippen LogP contribution in [0.1, 0.15) is 6.92 Å². The highest BCUT2D eigenvalue weighted by molar-refractivity contribution is 5.49. The van der Waals surface area contributed by atoms with E-state index in [-0.39, 0.29) is 0 Å². The van der Waals surface area contributed by atoms with Crippen molar-refractivity contribution < 1.29 is 0 Å².